The van der Waals surface area contributed by atoms with Gasteiger partial charge >= 0.3 is 0 Å². The van der Waals surface area contributed by atoms with Gasteiger partial charge in [0.25, 0.3) is 5.56 Å². The number of nitrogens with two attached hydrogens (primary N) is 1. The van der Waals surface area contributed by atoms with Crippen molar-refractivity contribution < 1.29 is 4.79 Å². The number of nitrogens with zero attached hydrogens (tertiary/aromatic N) is 3. The zero-order valence-corrected chi connectivity index (χ0v) is 17.4. The molecule has 1 aromatic heterocycles. The Labute approximate surface area is 175 Å². The Morgan fingerprint density at radius 2 is 1.76 bits per heavy atom. The number of aryl methyl sites for hydroxylation is 1. The second-order valence-corrected chi connectivity index (χ2v) is 7.12. The third kappa shape index (κ3) is 5.62. The summed E-state index contributed by atoms with van der Waals surface area (Å²) >= 11 is 0. The molecule has 29 heavy (non-hydrogen) atoms. The van der Waals surface area contributed by atoms with Crippen molar-refractivity contribution >= 4 is 29.2 Å². The molecule has 0 saturated carbocycles. The van der Waals surface area contributed by atoms with E-state index in [9.17, 15) is 9.59 Å². The monoisotopic (exact) mass is 415 g/mol. The summed E-state index contributed by atoms with van der Waals surface area (Å²) in [6, 6.07) is 14.8. The fourth-order valence-electron chi connectivity index (χ4n) is 2.94. The van der Waals surface area contributed by atoms with Gasteiger partial charge in [0.2, 0.25) is 5.91 Å². The van der Waals surface area contributed by atoms with Crippen LogP contribution in [0.1, 0.15) is 43.4 Å². The Kier molecular flexibility index (Phi) is 7.87. The second-order valence-electron chi connectivity index (χ2n) is 7.12. The van der Waals surface area contributed by atoms with E-state index in [0.717, 1.165) is 5.56 Å². The fraction of sp³-hybridized carbons (Fsp3) is 0.333. The number of carbonyl (C=O) groups is 1. The Hall–Kier alpha value is -2.77. The smallest absolute Gasteiger partial charge is 0.277 e. The third-order valence-electron chi connectivity index (χ3n) is 4.73. The van der Waals surface area contributed by atoms with E-state index in [1.165, 1.54) is 10.2 Å². The van der Waals surface area contributed by atoms with Crippen LogP contribution in [0.4, 0.5) is 0 Å². The van der Waals surface area contributed by atoms with Gasteiger partial charge in [-0.05, 0) is 29.2 Å². The number of fused-ring (bicyclic) bond motifs is 1. The maximum atomic E-state index is 12.4. The molecule has 0 spiro atoms. The molecule has 8 heteroatoms. The van der Waals surface area contributed by atoms with Gasteiger partial charge in [-0.25, -0.2) is 4.68 Å². The summed E-state index contributed by atoms with van der Waals surface area (Å²) in [6.45, 7) is 4.78. The molecule has 0 aliphatic heterocycles. The maximum Gasteiger partial charge on any atom is 0.277 e. The number of rotatable bonds is 7. The van der Waals surface area contributed by atoms with Crippen LogP contribution in [0.3, 0.4) is 0 Å². The third-order valence-corrected chi connectivity index (χ3v) is 4.73. The highest BCUT2D eigenvalue weighted by molar-refractivity contribution is 5.85. The average molecular weight is 416 g/mol. The number of carbonyl (C=O) groups excluding carboxylic acids is 1. The van der Waals surface area contributed by atoms with E-state index in [0.29, 0.717) is 23.4 Å². The Morgan fingerprint density at radius 1 is 1.10 bits per heavy atom. The van der Waals surface area contributed by atoms with Gasteiger partial charge in [0.15, 0.2) is 0 Å². The van der Waals surface area contributed by atoms with Crippen LogP contribution in [0.2, 0.25) is 0 Å². The van der Waals surface area contributed by atoms with Gasteiger partial charge in [-0.15, -0.1) is 17.5 Å². The number of nitrogens with one attached hydrogen (secondary N) is 1. The number of halogens is 1. The van der Waals surface area contributed by atoms with Crippen molar-refractivity contribution in [1.82, 2.24) is 20.3 Å². The summed E-state index contributed by atoms with van der Waals surface area (Å²) in [5.41, 5.74) is 8.69. The van der Waals surface area contributed by atoms with Crippen LogP contribution in [-0.2, 0) is 11.3 Å². The molecule has 1 unspecified atom stereocenters. The summed E-state index contributed by atoms with van der Waals surface area (Å²) < 4.78 is 1.21. The number of hydrogen-bond donors (Lipinski definition) is 2. The minimum absolute atomic E-state index is 0. The highest BCUT2D eigenvalue weighted by atomic mass is 35.5. The predicted molar refractivity (Wildman–Crippen MR) is 116 cm³/mol. The van der Waals surface area contributed by atoms with Crippen LogP contribution in [-0.4, -0.2) is 27.4 Å². The van der Waals surface area contributed by atoms with Crippen molar-refractivity contribution in [3.05, 3.63) is 70.0 Å². The van der Waals surface area contributed by atoms with Crippen molar-refractivity contribution in [3.8, 4) is 0 Å². The number of amides is 1. The largest absolute Gasteiger partial charge is 0.354 e. The lowest BCUT2D eigenvalue weighted by atomic mass is 9.99. The number of hydrogen-bond acceptors (Lipinski definition) is 5. The van der Waals surface area contributed by atoms with Crippen molar-refractivity contribution in [1.29, 1.82) is 0 Å². The van der Waals surface area contributed by atoms with Crippen LogP contribution >= 0.6 is 12.4 Å². The second kappa shape index (κ2) is 10.1. The van der Waals surface area contributed by atoms with E-state index in [4.69, 9.17) is 5.73 Å². The van der Waals surface area contributed by atoms with Gasteiger partial charge in [-0.3, -0.25) is 9.59 Å². The molecule has 2 aromatic carbocycles. The summed E-state index contributed by atoms with van der Waals surface area (Å²) in [7, 11) is 0. The highest BCUT2D eigenvalue weighted by Crippen LogP contribution is 2.17. The molecular formula is C21H26ClN5O2. The van der Waals surface area contributed by atoms with Gasteiger partial charge < -0.3 is 11.1 Å². The fourth-order valence-corrected chi connectivity index (χ4v) is 2.94. The summed E-state index contributed by atoms with van der Waals surface area (Å²) in [6.07, 6.45) is 0.131. The standard InChI is InChI=1S/C21H25N5O2.ClH/c1-14(2)15-7-9-16(10-8-15)18(22)13-23-20(27)11-12-26-21(28)17-5-3-4-6-19(17)24-25-26;/h3-10,14,18H,11-13,22H2,1-2H3,(H,23,27);1H. The normalized spacial score (nSPS) is 11.9. The van der Waals surface area contributed by atoms with Crippen molar-refractivity contribution in [2.24, 2.45) is 5.73 Å². The van der Waals surface area contributed by atoms with Crippen molar-refractivity contribution in [2.75, 3.05) is 6.54 Å². The summed E-state index contributed by atoms with van der Waals surface area (Å²) in [5.74, 6) is 0.280. The molecule has 0 saturated heterocycles. The van der Waals surface area contributed by atoms with Crippen molar-refractivity contribution in [2.45, 2.75) is 38.8 Å². The molecule has 1 atom stereocenters. The van der Waals surface area contributed by atoms with Crippen LogP contribution in [0.25, 0.3) is 10.9 Å². The van der Waals surface area contributed by atoms with Gasteiger partial charge in [-0.2, -0.15) is 0 Å². The van der Waals surface area contributed by atoms with E-state index < -0.39 is 0 Å². The molecule has 0 aliphatic carbocycles. The zero-order valence-electron chi connectivity index (χ0n) is 16.5. The number of benzene rings is 2. The average Bonchev–Trinajstić information content (AvgIpc) is 2.71. The molecule has 7 nitrogen and oxygen atoms in total. The van der Waals surface area contributed by atoms with Gasteiger partial charge in [0.1, 0.15) is 5.52 Å². The first-order valence-corrected chi connectivity index (χ1v) is 9.40. The molecule has 1 amide bonds. The molecular weight excluding hydrogens is 390 g/mol. The van der Waals surface area contributed by atoms with E-state index >= 15 is 0 Å². The highest BCUT2D eigenvalue weighted by Gasteiger charge is 2.11. The molecule has 154 valence electrons. The van der Waals surface area contributed by atoms with Gasteiger partial charge in [0.05, 0.1) is 11.9 Å². The lowest BCUT2D eigenvalue weighted by Crippen LogP contribution is -2.33. The molecule has 3 aromatic rings. The molecule has 0 bridgehead atoms. The molecule has 0 radical (unpaired) electrons. The number of aromatic nitrogens is 3. The first kappa shape index (κ1) is 22.5. The van der Waals surface area contributed by atoms with E-state index in [2.05, 4.69) is 41.6 Å². The lowest BCUT2D eigenvalue weighted by Gasteiger charge is -2.14. The minimum Gasteiger partial charge on any atom is -0.354 e. The SMILES string of the molecule is CC(C)c1ccc(C(N)CNC(=O)CCn2nnc3ccccc3c2=O)cc1.Cl. The zero-order chi connectivity index (χ0) is 20.1. The topological polar surface area (TPSA) is 103 Å². The van der Waals surface area contributed by atoms with E-state index in [1.54, 1.807) is 24.3 Å². The summed E-state index contributed by atoms with van der Waals surface area (Å²) in [5, 5.41) is 11.2. The first-order chi connectivity index (χ1) is 13.5. The molecule has 1 heterocycles. The Bertz CT molecular complexity index is 1020. The molecule has 0 aliphatic rings. The molecule has 3 rings (SSSR count). The van der Waals surface area contributed by atoms with Crippen LogP contribution in [0, 0.1) is 0 Å². The first-order valence-electron chi connectivity index (χ1n) is 9.40. The molecule has 0 fully saturated rings. The summed E-state index contributed by atoms with van der Waals surface area (Å²) in [4.78, 5) is 24.5. The maximum absolute atomic E-state index is 12.4. The Morgan fingerprint density at radius 3 is 2.45 bits per heavy atom. The lowest BCUT2D eigenvalue weighted by molar-refractivity contribution is -0.121. The van der Waals surface area contributed by atoms with Crippen LogP contribution in [0.15, 0.2) is 53.3 Å². The van der Waals surface area contributed by atoms with Crippen LogP contribution < -0.4 is 16.6 Å². The van der Waals surface area contributed by atoms with E-state index in [-0.39, 0.29) is 42.9 Å². The van der Waals surface area contributed by atoms with Gasteiger partial charge in [0, 0.05) is 19.0 Å². The quantitative estimate of drug-likeness (QED) is 0.617. The minimum atomic E-state index is -0.284. The molecule has 3 N–H and O–H groups in total. The van der Waals surface area contributed by atoms with Crippen molar-refractivity contribution in [3.63, 3.8) is 0 Å². The van der Waals surface area contributed by atoms with Gasteiger partial charge in [-0.1, -0.05) is 55.5 Å². The predicted octanol–water partition coefficient (Wildman–Crippen LogP) is 2.54. The van der Waals surface area contributed by atoms with E-state index in [1.807, 2.05) is 12.1 Å². The Balaban J connectivity index is 0.00000300. The van der Waals surface area contributed by atoms with Crippen LogP contribution in [0.5, 0.6) is 0 Å².